The highest BCUT2D eigenvalue weighted by Crippen LogP contribution is 2.31. The van der Waals surface area contributed by atoms with Gasteiger partial charge in [-0.2, -0.15) is 0 Å². The van der Waals surface area contributed by atoms with Crippen LogP contribution in [-0.4, -0.2) is 42.2 Å². The third-order valence-electron chi connectivity index (χ3n) is 2.31. The Labute approximate surface area is 121 Å². The van der Waals surface area contributed by atoms with Crippen LogP contribution in [0.15, 0.2) is 6.33 Å². The second kappa shape index (κ2) is 7.64. The van der Waals surface area contributed by atoms with Crippen LogP contribution in [0.3, 0.4) is 0 Å². The number of rotatable bonds is 6. The molecule has 0 bridgehead atoms. The maximum absolute atomic E-state index is 12.0. The zero-order chi connectivity index (χ0) is 15.1. The Morgan fingerprint density at radius 2 is 1.75 bits per heavy atom. The first kappa shape index (κ1) is 16.2. The molecule has 1 rings (SSSR count). The van der Waals surface area contributed by atoms with Gasteiger partial charge in [-0.1, -0.05) is 11.6 Å². The summed E-state index contributed by atoms with van der Waals surface area (Å²) in [6.45, 7) is 3.50. The van der Waals surface area contributed by atoms with E-state index in [1.807, 2.05) is 0 Å². The Balaban J connectivity index is 3.26. The fraction of sp³-hybridized carbons (Fsp3) is 0.500. The average Bonchev–Trinajstić information content (AvgIpc) is 2.40. The zero-order valence-corrected chi connectivity index (χ0v) is 12.1. The Kier molecular flexibility index (Phi) is 6.17. The van der Waals surface area contributed by atoms with Crippen molar-refractivity contribution in [2.75, 3.05) is 20.3 Å². The molecular weight excluding hydrogens is 288 g/mol. The van der Waals surface area contributed by atoms with Crippen LogP contribution in [0.2, 0.25) is 5.15 Å². The highest BCUT2D eigenvalue weighted by molar-refractivity contribution is 6.31. The summed E-state index contributed by atoms with van der Waals surface area (Å²) in [5.74, 6) is -2.87. The standard InChI is InChI=1S/C12H15ClN2O5/c1-4-19-11(16)7(12(17)20-5-2)8-9(18-3)10(13)15-6-14-8/h6-7H,4-5H2,1-3H3. The number of nitrogens with zero attached hydrogens (tertiary/aromatic N) is 2. The molecule has 0 unspecified atom stereocenters. The van der Waals surface area contributed by atoms with Gasteiger partial charge in [0.2, 0.25) is 0 Å². The van der Waals surface area contributed by atoms with Gasteiger partial charge >= 0.3 is 11.9 Å². The molecule has 1 aromatic heterocycles. The number of aromatic nitrogens is 2. The molecule has 0 saturated heterocycles. The normalized spacial score (nSPS) is 10.2. The molecule has 0 radical (unpaired) electrons. The van der Waals surface area contributed by atoms with Crippen molar-refractivity contribution >= 4 is 23.5 Å². The van der Waals surface area contributed by atoms with E-state index < -0.39 is 17.9 Å². The summed E-state index contributed by atoms with van der Waals surface area (Å²) >= 11 is 5.86. The van der Waals surface area contributed by atoms with E-state index >= 15 is 0 Å². The Morgan fingerprint density at radius 3 is 2.20 bits per heavy atom. The average molecular weight is 303 g/mol. The first-order valence-corrected chi connectivity index (χ1v) is 6.32. The van der Waals surface area contributed by atoms with Crippen molar-refractivity contribution in [2.24, 2.45) is 0 Å². The van der Waals surface area contributed by atoms with E-state index in [9.17, 15) is 9.59 Å². The lowest BCUT2D eigenvalue weighted by Gasteiger charge is -2.16. The fourth-order valence-corrected chi connectivity index (χ4v) is 1.75. The molecule has 8 heteroatoms. The van der Waals surface area contributed by atoms with E-state index in [-0.39, 0.29) is 29.8 Å². The lowest BCUT2D eigenvalue weighted by atomic mass is 10.1. The van der Waals surface area contributed by atoms with Gasteiger partial charge in [0.05, 0.1) is 20.3 Å². The van der Waals surface area contributed by atoms with Gasteiger partial charge in [-0.3, -0.25) is 9.59 Å². The summed E-state index contributed by atoms with van der Waals surface area (Å²) < 4.78 is 14.8. The minimum Gasteiger partial charge on any atom is -0.492 e. The highest BCUT2D eigenvalue weighted by atomic mass is 35.5. The molecular formula is C12H15ClN2O5. The van der Waals surface area contributed by atoms with E-state index in [0.717, 1.165) is 6.33 Å². The van der Waals surface area contributed by atoms with Gasteiger partial charge in [0.25, 0.3) is 0 Å². The van der Waals surface area contributed by atoms with Crippen LogP contribution in [0.5, 0.6) is 5.75 Å². The third kappa shape index (κ3) is 3.57. The van der Waals surface area contributed by atoms with Crippen LogP contribution in [0.25, 0.3) is 0 Å². The van der Waals surface area contributed by atoms with E-state index in [1.165, 1.54) is 7.11 Å². The monoisotopic (exact) mass is 302 g/mol. The highest BCUT2D eigenvalue weighted by Gasteiger charge is 2.36. The van der Waals surface area contributed by atoms with Gasteiger partial charge in [0.15, 0.2) is 16.8 Å². The first-order valence-electron chi connectivity index (χ1n) is 5.94. The molecule has 20 heavy (non-hydrogen) atoms. The maximum Gasteiger partial charge on any atom is 0.326 e. The number of hydrogen-bond donors (Lipinski definition) is 0. The smallest absolute Gasteiger partial charge is 0.326 e. The summed E-state index contributed by atoms with van der Waals surface area (Å²) in [5.41, 5.74) is 0.0180. The summed E-state index contributed by atoms with van der Waals surface area (Å²) in [6.07, 6.45) is 1.13. The molecule has 0 spiro atoms. The third-order valence-corrected chi connectivity index (χ3v) is 2.58. The predicted molar refractivity (Wildman–Crippen MR) is 69.6 cm³/mol. The second-order valence-electron chi connectivity index (χ2n) is 3.52. The van der Waals surface area contributed by atoms with Crippen LogP contribution in [0.1, 0.15) is 25.5 Å². The van der Waals surface area contributed by atoms with Crippen molar-refractivity contribution in [1.82, 2.24) is 9.97 Å². The number of hydrogen-bond acceptors (Lipinski definition) is 7. The lowest BCUT2D eigenvalue weighted by Crippen LogP contribution is -2.27. The Morgan fingerprint density at radius 1 is 1.20 bits per heavy atom. The molecule has 0 atom stereocenters. The predicted octanol–water partition coefficient (Wildman–Crippen LogP) is 1.35. The summed E-state index contributed by atoms with van der Waals surface area (Å²) in [7, 11) is 1.33. The number of esters is 2. The van der Waals surface area contributed by atoms with Crippen LogP contribution in [0, 0.1) is 0 Å². The van der Waals surface area contributed by atoms with E-state index in [0.29, 0.717) is 0 Å². The Bertz CT molecular complexity index is 477. The van der Waals surface area contributed by atoms with Crippen molar-refractivity contribution in [3.8, 4) is 5.75 Å². The number of halogens is 1. The molecule has 0 aliphatic heterocycles. The molecule has 0 saturated carbocycles. The van der Waals surface area contributed by atoms with Gasteiger partial charge in [-0.25, -0.2) is 9.97 Å². The molecule has 1 heterocycles. The topological polar surface area (TPSA) is 87.6 Å². The van der Waals surface area contributed by atoms with Gasteiger partial charge in [0.1, 0.15) is 12.0 Å². The molecule has 110 valence electrons. The summed E-state index contributed by atoms with van der Waals surface area (Å²) in [5, 5.41) is -0.00361. The quantitative estimate of drug-likeness (QED) is 0.445. The van der Waals surface area contributed by atoms with Gasteiger partial charge in [-0.15, -0.1) is 0 Å². The SMILES string of the molecule is CCOC(=O)C(C(=O)OCC)c1ncnc(Cl)c1OC. The van der Waals surface area contributed by atoms with Gasteiger partial charge < -0.3 is 14.2 Å². The lowest BCUT2D eigenvalue weighted by molar-refractivity contribution is -0.157. The maximum atomic E-state index is 12.0. The van der Waals surface area contributed by atoms with Gasteiger partial charge in [-0.05, 0) is 13.8 Å². The second-order valence-corrected chi connectivity index (χ2v) is 3.88. The molecule has 0 aliphatic carbocycles. The van der Waals surface area contributed by atoms with E-state index in [4.69, 9.17) is 25.8 Å². The molecule has 0 N–H and O–H groups in total. The first-order chi connectivity index (χ1) is 9.56. The van der Waals surface area contributed by atoms with Crippen LogP contribution in [0.4, 0.5) is 0 Å². The largest absolute Gasteiger partial charge is 0.492 e. The fourth-order valence-electron chi connectivity index (χ4n) is 1.53. The van der Waals surface area contributed by atoms with E-state index in [1.54, 1.807) is 13.8 Å². The van der Waals surface area contributed by atoms with Crippen LogP contribution >= 0.6 is 11.6 Å². The molecule has 0 aromatic carbocycles. The van der Waals surface area contributed by atoms with Crippen molar-refractivity contribution in [1.29, 1.82) is 0 Å². The summed E-state index contributed by atoms with van der Waals surface area (Å²) in [6, 6.07) is 0. The number of carbonyl (C=O) groups excluding carboxylic acids is 2. The zero-order valence-electron chi connectivity index (χ0n) is 11.4. The number of carbonyl (C=O) groups is 2. The minimum atomic E-state index is -1.36. The van der Waals surface area contributed by atoms with Crippen molar-refractivity contribution in [3.63, 3.8) is 0 Å². The molecule has 1 aromatic rings. The van der Waals surface area contributed by atoms with Crippen molar-refractivity contribution < 1.29 is 23.8 Å². The molecule has 0 aliphatic rings. The number of methoxy groups -OCH3 is 1. The van der Waals surface area contributed by atoms with Gasteiger partial charge in [0, 0.05) is 0 Å². The number of ether oxygens (including phenoxy) is 3. The van der Waals surface area contributed by atoms with Crippen LogP contribution in [-0.2, 0) is 19.1 Å². The van der Waals surface area contributed by atoms with E-state index in [2.05, 4.69) is 9.97 Å². The molecule has 0 fully saturated rings. The van der Waals surface area contributed by atoms with Crippen molar-refractivity contribution in [3.05, 3.63) is 17.2 Å². The minimum absolute atomic E-state index is 0.00361. The molecule has 7 nitrogen and oxygen atoms in total. The Hall–Kier alpha value is -1.89. The summed E-state index contributed by atoms with van der Waals surface area (Å²) in [4.78, 5) is 31.5. The van der Waals surface area contributed by atoms with Crippen molar-refractivity contribution in [2.45, 2.75) is 19.8 Å². The molecule has 0 amide bonds. The van der Waals surface area contributed by atoms with Crippen LogP contribution < -0.4 is 4.74 Å².